The molecule has 0 fully saturated rings. The van der Waals surface area contributed by atoms with Crippen LogP contribution in [-0.2, 0) is 6.42 Å². The number of rotatable bonds is 4. The first kappa shape index (κ1) is 17.6. The molecule has 0 aliphatic heterocycles. The highest BCUT2D eigenvalue weighted by molar-refractivity contribution is 6.60. The van der Waals surface area contributed by atoms with Crippen molar-refractivity contribution in [3.05, 3.63) is 100 Å². The van der Waals surface area contributed by atoms with Crippen LogP contribution >= 0.6 is 0 Å². The molecule has 0 saturated heterocycles. The van der Waals surface area contributed by atoms with Crippen molar-refractivity contribution in [2.75, 3.05) is 0 Å². The van der Waals surface area contributed by atoms with Crippen molar-refractivity contribution in [2.24, 2.45) is 0 Å². The van der Waals surface area contributed by atoms with Crippen LogP contribution in [0.2, 0.25) is 0 Å². The molecule has 1 aliphatic carbocycles. The zero-order chi connectivity index (χ0) is 19.0. The van der Waals surface area contributed by atoms with E-state index in [0.717, 1.165) is 6.42 Å². The van der Waals surface area contributed by atoms with E-state index in [9.17, 15) is 0 Å². The molecule has 3 aromatic carbocycles. The molecule has 3 aromatic rings. The maximum absolute atomic E-state index is 3.88. The summed E-state index contributed by atoms with van der Waals surface area (Å²) >= 11 is 0. The zero-order valence-corrected chi connectivity index (χ0v) is 16.3. The number of fused-ring (bicyclic) bond motifs is 3. The Bertz CT molecular complexity index is 1050. The van der Waals surface area contributed by atoms with Gasteiger partial charge in [-0.1, -0.05) is 89.4 Å². The molecule has 0 nitrogen and oxygen atoms in total. The van der Waals surface area contributed by atoms with Crippen molar-refractivity contribution in [1.29, 1.82) is 0 Å². The Morgan fingerprint density at radius 3 is 2.04 bits per heavy atom. The van der Waals surface area contributed by atoms with E-state index in [-0.39, 0.29) is 0 Å². The molecule has 1 heteroatoms. The van der Waals surface area contributed by atoms with Gasteiger partial charge in [0.2, 0.25) is 0 Å². The SMILES string of the molecule is C=Cc1ccc2c(c1)Cc1cc(/C=C/[B]c3c(C)cc(C)cc3C)ccc1-2. The molecule has 0 amide bonds. The molecular formula is C26H24B. The van der Waals surface area contributed by atoms with Crippen molar-refractivity contribution in [3.8, 4) is 11.1 Å². The average molecular weight is 347 g/mol. The van der Waals surface area contributed by atoms with Gasteiger partial charge in [0.1, 0.15) is 0 Å². The molecular weight excluding hydrogens is 323 g/mol. The normalized spacial score (nSPS) is 12.1. The maximum atomic E-state index is 3.88. The van der Waals surface area contributed by atoms with Gasteiger partial charge in [0.15, 0.2) is 7.28 Å². The van der Waals surface area contributed by atoms with Gasteiger partial charge >= 0.3 is 0 Å². The lowest BCUT2D eigenvalue weighted by Crippen LogP contribution is -2.19. The van der Waals surface area contributed by atoms with E-state index in [1.807, 2.05) is 6.08 Å². The van der Waals surface area contributed by atoms with Crippen LogP contribution in [0, 0.1) is 20.8 Å². The third kappa shape index (κ3) is 3.42. The van der Waals surface area contributed by atoms with E-state index in [4.69, 9.17) is 0 Å². The van der Waals surface area contributed by atoms with Crippen LogP contribution in [0.5, 0.6) is 0 Å². The molecule has 27 heavy (non-hydrogen) atoms. The maximum Gasteiger partial charge on any atom is 0.182 e. The summed E-state index contributed by atoms with van der Waals surface area (Å²) < 4.78 is 0. The lowest BCUT2D eigenvalue weighted by Gasteiger charge is -2.08. The van der Waals surface area contributed by atoms with E-state index in [0.29, 0.717) is 0 Å². The fraction of sp³-hybridized carbons (Fsp3) is 0.154. The minimum absolute atomic E-state index is 1.01. The Hall–Kier alpha value is -2.80. The Kier molecular flexibility index (Phi) is 4.62. The minimum atomic E-state index is 1.01. The molecule has 0 spiro atoms. The van der Waals surface area contributed by atoms with E-state index in [1.54, 1.807) is 0 Å². The summed E-state index contributed by atoms with van der Waals surface area (Å²) in [5.41, 5.74) is 13.3. The van der Waals surface area contributed by atoms with E-state index in [2.05, 4.69) is 95.2 Å². The molecule has 0 bridgehead atoms. The Labute approximate surface area is 163 Å². The van der Waals surface area contributed by atoms with Crippen LogP contribution in [0.4, 0.5) is 0 Å². The van der Waals surface area contributed by atoms with Gasteiger partial charge in [-0.15, -0.1) is 5.98 Å². The third-order valence-electron chi connectivity index (χ3n) is 5.45. The van der Waals surface area contributed by atoms with Crippen molar-refractivity contribution in [3.63, 3.8) is 0 Å². The van der Waals surface area contributed by atoms with Crippen molar-refractivity contribution < 1.29 is 0 Å². The van der Waals surface area contributed by atoms with Gasteiger partial charge in [-0.05, 0) is 60.6 Å². The second kappa shape index (κ2) is 7.08. The van der Waals surface area contributed by atoms with E-state index < -0.39 is 0 Å². The van der Waals surface area contributed by atoms with Crippen LogP contribution in [0.1, 0.15) is 38.9 Å². The number of aryl methyl sites for hydroxylation is 3. The van der Waals surface area contributed by atoms with E-state index >= 15 is 0 Å². The summed E-state index contributed by atoms with van der Waals surface area (Å²) in [6, 6.07) is 17.9. The Balaban J connectivity index is 1.55. The zero-order valence-electron chi connectivity index (χ0n) is 16.3. The van der Waals surface area contributed by atoms with Gasteiger partial charge < -0.3 is 0 Å². The summed E-state index contributed by atoms with van der Waals surface area (Å²) in [6.45, 7) is 10.4. The topological polar surface area (TPSA) is 0 Å². The lowest BCUT2D eigenvalue weighted by molar-refractivity contribution is 1.26. The largest absolute Gasteiger partial charge is 0.182 e. The van der Waals surface area contributed by atoms with Gasteiger partial charge in [0, 0.05) is 0 Å². The van der Waals surface area contributed by atoms with E-state index in [1.165, 1.54) is 55.5 Å². The van der Waals surface area contributed by atoms with Gasteiger partial charge in [0.05, 0.1) is 0 Å². The first-order valence-corrected chi connectivity index (χ1v) is 9.53. The predicted octanol–water partition coefficient (Wildman–Crippen LogP) is 5.83. The summed E-state index contributed by atoms with van der Waals surface area (Å²) in [7, 11) is 2.22. The molecule has 0 heterocycles. The summed E-state index contributed by atoms with van der Waals surface area (Å²) in [6.07, 6.45) is 5.13. The summed E-state index contributed by atoms with van der Waals surface area (Å²) in [5, 5.41) is 0. The van der Waals surface area contributed by atoms with Crippen LogP contribution in [-0.4, -0.2) is 7.28 Å². The van der Waals surface area contributed by atoms with Crippen molar-refractivity contribution in [2.45, 2.75) is 27.2 Å². The average Bonchev–Trinajstić information content (AvgIpc) is 3.00. The van der Waals surface area contributed by atoms with Gasteiger partial charge in [0.25, 0.3) is 0 Å². The first-order chi connectivity index (χ1) is 13.0. The van der Waals surface area contributed by atoms with Crippen LogP contribution in [0.15, 0.2) is 61.1 Å². The second-order valence-electron chi connectivity index (χ2n) is 7.55. The lowest BCUT2D eigenvalue weighted by atomic mass is 9.66. The highest BCUT2D eigenvalue weighted by Crippen LogP contribution is 2.37. The Morgan fingerprint density at radius 2 is 1.41 bits per heavy atom. The Morgan fingerprint density at radius 1 is 0.815 bits per heavy atom. The number of hydrogen-bond acceptors (Lipinski definition) is 0. The smallest absolute Gasteiger partial charge is 0.116 e. The number of benzene rings is 3. The molecule has 0 N–H and O–H groups in total. The molecule has 1 aliphatic rings. The standard InChI is InChI=1S/C26H24B/c1-5-20-6-8-24-22(14-20)16-23-15-21(7-9-25(23)24)10-11-27-26-18(3)12-17(2)13-19(26)4/h5-15H,1,16H2,2-4H3/b11-10+. The van der Waals surface area contributed by atoms with Crippen LogP contribution < -0.4 is 5.46 Å². The molecule has 1 radical (unpaired) electrons. The van der Waals surface area contributed by atoms with Gasteiger partial charge in [-0.3, -0.25) is 0 Å². The fourth-order valence-corrected chi connectivity index (χ4v) is 4.19. The quantitative estimate of drug-likeness (QED) is 0.408. The molecule has 4 rings (SSSR count). The molecule has 0 saturated carbocycles. The molecule has 131 valence electrons. The fourth-order valence-electron chi connectivity index (χ4n) is 4.19. The first-order valence-electron chi connectivity index (χ1n) is 9.53. The third-order valence-corrected chi connectivity index (χ3v) is 5.45. The highest BCUT2D eigenvalue weighted by atomic mass is 14.2. The van der Waals surface area contributed by atoms with Gasteiger partial charge in [-0.2, -0.15) is 0 Å². The van der Waals surface area contributed by atoms with Crippen molar-refractivity contribution >= 4 is 24.9 Å². The second-order valence-corrected chi connectivity index (χ2v) is 7.55. The molecule has 0 aromatic heterocycles. The number of hydrogen-bond donors (Lipinski definition) is 0. The van der Waals surface area contributed by atoms with Crippen LogP contribution in [0.3, 0.4) is 0 Å². The highest BCUT2D eigenvalue weighted by Gasteiger charge is 2.18. The summed E-state index contributed by atoms with van der Waals surface area (Å²) in [5.74, 6) is 2.17. The summed E-state index contributed by atoms with van der Waals surface area (Å²) in [4.78, 5) is 0. The molecule has 0 unspecified atom stereocenters. The monoisotopic (exact) mass is 347 g/mol. The molecule has 0 atom stereocenters. The predicted molar refractivity (Wildman–Crippen MR) is 120 cm³/mol. The van der Waals surface area contributed by atoms with Gasteiger partial charge in [-0.25, -0.2) is 0 Å². The minimum Gasteiger partial charge on any atom is -0.116 e. The van der Waals surface area contributed by atoms with Crippen LogP contribution in [0.25, 0.3) is 23.3 Å². The van der Waals surface area contributed by atoms with Crippen molar-refractivity contribution in [1.82, 2.24) is 0 Å².